The number of amides is 2. The summed E-state index contributed by atoms with van der Waals surface area (Å²) in [7, 11) is 0. The standard InChI is InChI=1S/C21H17Cl2N3O4S/c22-15-6-8-18(17(23)10-15)30-11-19(27)24-21(31)26-25-20(28)12-29-16-7-5-13-3-1-2-4-14(13)9-16/h1-10H,11-12H2,(H,25,28)(H2,24,26,27,31). The number of fused-ring (bicyclic) bond motifs is 1. The average molecular weight is 478 g/mol. The highest BCUT2D eigenvalue weighted by Gasteiger charge is 2.09. The first-order valence-corrected chi connectivity index (χ1v) is 10.2. The van der Waals surface area contributed by atoms with E-state index in [1.165, 1.54) is 6.07 Å². The third kappa shape index (κ3) is 6.99. The number of ether oxygens (including phenoxy) is 2. The van der Waals surface area contributed by atoms with Crippen molar-refractivity contribution in [3.63, 3.8) is 0 Å². The molecule has 3 aromatic rings. The van der Waals surface area contributed by atoms with Gasteiger partial charge in [-0.15, -0.1) is 0 Å². The smallest absolute Gasteiger partial charge is 0.276 e. The number of hydrazine groups is 1. The van der Waals surface area contributed by atoms with E-state index in [4.69, 9.17) is 44.9 Å². The van der Waals surface area contributed by atoms with Gasteiger partial charge in [0.15, 0.2) is 18.3 Å². The van der Waals surface area contributed by atoms with Crippen LogP contribution in [0.15, 0.2) is 60.7 Å². The lowest BCUT2D eigenvalue weighted by Crippen LogP contribution is -2.50. The second kappa shape index (κ2) is 10.8. The Labute approximate surface area is 193 Å². The van der Waals surface area contributed by atoms with Gasteiger partial charge in [0.1, 0.15) is 11.5 Å². The largest absolute Gasteiger partial charge is 0.484 e. The molecule has 160 valence electrons. The third-order valence-electron chi connectivity index (χ3n) is 3.91. The molecule has 3 rings (SSSR count). The maximum Gasteiger partial charge on any atom is 0.276 e. The highest BCUT2D eigenvalue weighted by molar-refractivity contribution is 7.80. The number of thiocarbonyl (C=S) groups is 1. The van der Waals surface area contributed by atoms with Crippen LogP contribution in [0.4, 0.5) is 0 Å². The predicted octanol–water partition coefficient (Wildman–Crippen LogP) is 3.63. The third-order valence-corrected chi connectivity index (χ3v) is 4.65. The van der Waals surface area contributed by atoms with Crippen LogP contribution in [0.1, 0.15) is 0 Å². The summed E-state index contributed by atoms with van der Waals surface area (Å²) in [5.74, 6) is -0.152. The molecule has 10 heteroatoms. The van der Waals surface area contributed by atoms with Crippen molar-refractivity contribution in [3.8, 4) is 11.5 Å². The van der Waals surface area contributed by atoms with Gasteiger partial charge in [-0.1, -0.05) is 53.5 Å². The Balaban J connectivity index is 1.37. The van der Waals surface area contributed by atoms with Gasteiger partial charge in [0.05, 0.1) is 5.02 Å². The lowest BCUT2D eigenvalue weighted by atomic mass is 10.1. The maximum atomic E-state index is 11.9. The lowest BCUT2D eigenvalue weighted by Gasteiger charge is -2.12. The quantitative estimate of drug-likeness (QED) is 0.371. The molecular weight excluding hydrogens is 461 g/mol. The van der Waals surface area contributed by atoms with Crippen molar-refractivity contribution in [3.05, 3.63) is 70.7 Å². The molecule has 0 fully saturated rings. The van der Waals surface area contributed by atoms with Gasteiger partial charge < -0.3 is 9.47 Å². The number of carbonyl (C=O) groups excluding carboxylic acids is 2. The Morgan fingerprint density at radius 2 is 1.58 bits per heavy atom. The maximum absolute atomic E-state index is 11.9. The summed E-state index contributed by atoms with van der Waals surface area (Å²) < 4.78 is 10.8. The number of nitrogens with one attached hydrogen (secondary N) is 3. The van der Waals surface area contributed by atoms with Crippen molar-refractivity contribution in [2.45, 2.75) is 0 Å². The van der Waals surface area contributed by atoms with Gasteiger partial charge >= 0.3 is 0 Å². The topological polar surface area (TPSA) is 88.7 Å². The van der Waals surface area contributed by atoms with Gasteiger partial charge in [-0.05, 0) is 53.3 Å². The summed E-state index contributed by atoms with van der Waals surface area (Å²) in [5, 5.41) is 5.07. The van der Waals surface area contributed by atoms with E-state index < -0.39 is 11.8 Å². The van der Waals surface area contributed by atoms with E-state index in [0.717, 1.165) is 10.8 Å². The van der Waals surface area contributed by atoms with Crippen LogP contribution >= 0.6 is 35.4 Å². The Bertz CT molecular complexity index is 1130. The second-order valence-electron chi connectivity index (χ2n) is 6.21. The molecule has 0 unspecified atom stereocenters. The molecule has 3 aromatic carbocycles. The fourth-order valence-corrected chi connectivity index (χ4v) is 3.13. The molecule has 0 saturated carbocycles. The van der Waals surface area contributed by atoms with E-state index in [2.05, 4.69) is 16.2 Å². The Kier molecular flexibility index (Phi) is 7.88. The molecule has 0 aliphatic rings. The first kappa shape index (κ1) is 22.6. The normalized spacial score (nSPS) is 10.3. The monoisotopic (exact) mass is 477 g/mol. The molecule has 0 aromatic heterocycles. The number of rotatable bonds is 6. The highest BCUT2D eigenvalue weighted by atomic mass is 35.5. The van der Waals surface area contributed by atoms with Gasteiger partial charge in [-0.3, -0.25) is 25.8 Å². The summed E-state index contributed by atoms with van der Waals surface area (Å²) in [5.41, 5.74) is 4.76. The zero-order valence-electron chi connectivity index (χ0n) is 16.0. The van der Waals surface area contributed by atoms with Crippen molar-refractivity contribution < 1.29 is 19.1 Å². The van der Waals surface area contributed by atoms with E-state index in [9.17, 15) is 9.59 Å². The van der Waals surface area contributed by atoms with E-state index >= 15 is 0 Å². The molecule has 3 N–H and O–H groups in total. The molecule has 0 aliphatic carbocycles. The Hall–Kier alpha value is -3.07. The second-order valence-corrected chi connectivity index (χ2v) is 7.46. The Morgan fingerprint density at radius 1 is 0.839 bits per heavy atom. The predicted molar refractivity (Wildman–Crippen MR) is 123 cm³/mol. The lowest BCUT2D eigenvalue weighted by molar-refractivity contribution is -0.124. The fourth-order valence-electron chi connectivity index (χ4n) is 2.50. The SMILES string of the molecule is O=C(COc1ccc2ccccc2c1)NNC(=S)NC(=O)COc1ccc(Cl)cc1Cl. The molecule has 0 spiro atoms. The zero-order valence-corrected chi connectivity index (χ0v) is 18.3. The van der Waals surface area contributed by atoms with E-state index in [-0.39, 0.29) is 23.3 Å². The van der Waals surface area contributed by atoms with Gasteiger partial charge in [-0.25, -0.2) is 0 Å². The molecule has 0 radical (unpaired) electrons. The van der Waals surface area contributed by atoms with Crippen molar-refractivity contribution in [1.29, 1.82) is 0 Å². The molecular formula is C21H17Cl2N3O4S. The van der Waals surface area contributed by atoms with Crippen LogP contribution in [0.2, 0.25) is 10.0 Å². The molecule has 0 bridgehead atoms. The van der Waals surface area contributed by atoms with Crippen LogP contribution in [0.5, 0.6) is 11.5 Å². The van der Waals surface area contributed by atoms with E-state index in [1.54, 1.807) is 18.2 Å². The van der Waals surface area contributed by atoms with Gasteiger partial charge in [0, 0.05) is 5.02 Å². The van der Waals surface area contributed by atoms with Crippen LogP contribution in [0, 0.1) is 0 Å². The van der Waals surface area contributed by atoms with Crippen LogP contribution in [-0.2, 0) is 9.59 Å². The fraction of sp³-hybridized carbons (Fsp3) is 0.0952. The molecule has 31 heavy (non-hydrogen) atoms. The molecule has 0 aliphatic heterocycles. The van der Waals surface area contributed by atoms with Crippen LogP contribution < -0.4 is 25.6 Å². The zero-order chi connectivity index (χ0) is 22.2. The minimum Gasteiger partial charge on any atom is -0.484 e. The van der Waals surface area contributed by atoms with Crippen LogP contribution in [-0.4, -0.2) is 30.1 Å². The molecule has 7 nitrogen and oxygen atoms in total. The first-order valence-electron chi connectivity index (χ1n) is 8.99. The van der Waals surface area contributed by atoms with Gasteiger partial charge in [0.2, 0.25) is 0 Å². The molecule has 0 atom stereocenters. The highest BCUT2D eigenvalue weighted by Crippen LogP contribution is 2.27. The number of hydrogen-bond donors (Lipinski definition) is 3. The summed E-state index contributed by atoms with van der Waals surface area (Å²) >= 11 is 16.7. The van der Waals surface area contributed by atoms with Gasteiger partial charge in [0.25, 0.3) is 11.8 Å². The number of carbonyl (C=O) groups is 2. The Morgan fingerprint density at radius 3 is 2.35 bits per heavy atom. The average Bonchev–Trinajstić information content (AvgIpc) is 2.75. The number of benzene rings is 3. The van der Waals surface area contributed by atoms with Crippen molar-refractivity contribution in [2.24, 2.45) is 0 Å². The van der Waals surface area contributed by atoms with Crippen LogP contribution in [0.25, 0.3) is 10.8 Å². The summed E-state index contributed by atoms with van der Waals surface area (Å²) in [4.78, 5) is 23.8. The number of hydrogen-bond acceptors (Lipinski definition) is 5. The van der Waals surface area contributed by atoms with Crippen molar-refractivity contribution >= 4 is 63.1 Å². The van der Waals surface area contributed by atoms with Crippen molar-refractivity contribution in [1.82, 2.24) is 16.2 Å². The van der Waals surface area contributed by atoms with Crippen LogP contribution in [0.3, 0.4) is 0 Å². The molecule has 0 saturated heterocycles. The molecule has 0 heterocycles. The minimum absolute atomic E-state index is 0.102. The summed E-state index contributed by atoms with van der Waals surface area (Å²) in [6, 6.07) is 18.0. The van der Waals surface area contributed by atoms with Gasteiger partial charge in [-0.2, -0.15) is 0 Å². The van der Waals surface area contributed by atoms with E-state index in [0.29, 0.717) is 16.5 Å². The summed E-state index contributed by atoms with van der Waals surface area (Å²) in [6.07, 6.45) is 0. The summed E-state index contributed by atoms with van der Waals surface area (Å²) in [6.45, 7) is -0.567. The van der Waals surface area contributed by atoms with E-state index in [1.807, 2.05) is 36.4 Å². The van der Waals surface area contributed by atoms with Crippen molar-refractivity contribution in [2.75, 3.05) is 13.2 Å². The number of halogens is 2. The first-order chi connectivity index (χ1) is 14.9. The minimum atomic E-state index is -0.537. The molecule has 2 amide bonds.